The molecule has 0 fully saturated rings. The molecule has 3 aromatic heterocycles. The van der Waals surface area contributed by atoms with Gasteiger partial charge in [-0.3, -0.25) is 9.36 Å². The summed E-state index contributed by atoms with van der Waals surface area (Å²) in [5.41, 5.74) is 4.70. The van der Waals surface area contributed by atoms with Crippen LogP contribution in [0.15, 0.2) is 59.4 Å². The maximum atomic E-state index is 13.7. The van der Waals surface area contributed by atoms with Gasteiger partial charge in [-0.25, -0.2) is 15.0 Å². The Bertz CT molecular complexity index is 1470. The van der Waals surface area contributed by atoms with E-state index >= 15 is 0 Å². The maximum absolute atomic E-state index is 13.7. The predicted octanol–water partition coefficient (Wildman–Crippen LogP) is 5.23. The standard InChI is InChI=1S/C26H27N5O/c1-3-4-5-11-16-30-18(2)27-24-22(26(30)32)23-25(29-21-15-10-9-14-20(21)28-23)31(24)17-19-12-7-6-8-13-19/h6-10,12-15H,3-5,11,16-17H2,1-2H3. The highest BCUT2D eigenvalue weighted by molar-refractivity contribution is 6.04. The van der Waals surface area contributed by atoms with Crippen molar-refractivity contribution in [2.45, 2.75) is 52.6 Å². The van der Waals surface area contributed by atoms with Crippen LogP contribution < -0.4 is 5.56 Å². The summed E-state index contributed by atoms with van der Waals surface area (Å²) >= 11 is 0. The first-order valence-electron chi connectivity index (χ1n) is 11.4. The number of nitrogens with zero attached hydrogens (tertiary/aromatic N) is 5. The lowest BCUT2D eigenvalue weighted by Gasteiger charge is -2.11. The van der Waals surface area contributed by atoms with Crippen LogP contribution in [0.4, 0.5) is 0 Å². The van der Waals surface area contributed by atoms with Crippen molar-refractivity contribution < 1.29 is 0 Å². The van der Waals surface area contributed by atoms with Gasteiger partial charge in [0.15, 0.2) is 11.3 Å². The Labute approximate surface area is 186 Å². The summed E-state index contributed by atoms with van der Waals surface area (Å²) in [4.78, 5) is 28.4. The number of aromatic nitrogens is 5. The Morgan fingerprint density at radius 1 is 0.781 bits per heavy atom. The third-order valence-corrected chi connectivity index (χ3v) is 6.06. The van der Waals surface area contributed by atoms with E-state index in [4.69, 9.17) is 15.0 Å². The quantitative estimate of drug-likeness (QED) is 0.335. The van der Waals surface area contributed by atoms with Crippen LogP contribution >= 0.6 is 0 Å². The zero-order chi connectivity index (χ0) is 22.1. The second kappa shape index (κ2) is 8.54. The largest absolute Gasteiger partial charge is 0.304 e. The minimum absolute atomic E-state index is 0.0228. The fraction of sp³-hybridized carbons (Fsp3) is 0.308. The summed E-state index contributed by atoms with van der Waals surface area (Å²) in [6.07, 6.45) is 4.43. The SMILES string of the molecule is CCCCCCn1c(C)nc2c(c1=O)c1nc3ccccc3nc1n2Cc1ccccc1. The van der Waals surface area contributed by atoms with Crippen LogP contribution in [0, 0.1) is 6.92 Å². The van der Waals surface area contributed by atoms with Crippen molar-refractivity contribution in [3.8, 4) is 0 Å². The third kappa shape index (κ3) is 3.55. The summed E-state index contributed by atoms with van der Waals surface area (Å²) in [5, 5.41) is 0.565. The first kappa shape index (κ1) is 20.4. The van der Waals surface area contributed by atoms with Crippen molar-refractivity contribution in [2.75, 3.05) is 0 Å². The summed E-state index contributed by atoms with van der Waals surface area (Å²) < 4.78 is 3.84. The van der Waals surface area contributed by atoms with Crippen LogP contribution in [0.1, 0.15) is 44.0 Å². The van der Waals surface area contributed by atoms with Crippen LogP contribution in [-0.4, -0.2) is 24.1 Å². The molecule has 6 heteroatoms. The monoisotopic (exact) mass is 425 g/mol. The molecule has 0 spiro atoms. The Hall–Kier alpha value is -3.54. The molecule has 0 saturated heterocycles. The van der Waals surface area contributed by atoms with Gasteiger partial charge in [-0.05, 0) is 31.0 Å². The molecular weight excluding hydrogens is 398 g/mol. The molecule has 0 amide bonds. The number of aryl methyl sites for hydroxylation is 1. The minimum atomic E-state index is -0.0228. The van der Waals surface area contributed by atoms with Crippen LogP contribution in [0.2, 0.25) is 0 Å². The third-order valence-electron chi connectivity index (χ3n) is 6.06. The van der Waals surface area contributed by atoms with Gasteiger partial charge in [-0.1, -0.05) is 68.7 Å². The summed E-state index contributed by atoms with van der Waals surface area (Å²) in [6.45, 7) is 5.37. The Morgan fingerprint density at radius 2 is 1.50 bits per heavy atom. The van der Waals surface area contributed by atoms with E-state index in [1.807, 2.05) is 54.0 Å². The number of benzene rings is 2. The summed E-state index contributed by atoms with van der Waals surface area (Å²) in [5.74, 6) is 0.737. The molecule has 162 valence electrons. The zero-order valence-corrected chi connectivity index (χ0v) is 18.6. The minimum Gasteiger partial charge on any atom is -0.304 e. The van der Waals surface area contributed by atoms with Crippen molar-refractivity contribution in [2.24, 2.45) is 0 Å². The Kier molecular flexibility index (Phi) is 5.43. The molecule has 0 aliphatic rings. The molecule has 2 aromatic carbocycles. The van der Waals surface area contributed by atoms with Gasteiger partial charge < -0.3 is 4.57 Å². The van der Waals surface area contributed by atoms with Crippen molar-refractivity contribution in [1.82, 2.24) is 24.1 Å². The normalized spacial score (nSPS) is 11.7. The highest BCUT2D eigenvalue weighted by atomic mass is 16.1. The fourth-order valence-corrected chi connectivity index (χ4v) is 4.37. The first-order valence-corrected chi connectivity index (χ1v) is 11.4. The molecule has 0 radical (unpaired) electrons. The molecule has 5 aromatic rings. The average molecular weight is 426 g/mol. The van der Waals surface area contributed by atoms with Crippen molar-refractivity contribution in [1.29, 1.82) is 0 Å². The molecule has 6 nitrogen and oxygen atoms in total. The molecule has 0 bridgehead atoms. The number of fused-ring (bicyclic) bond motifs is 4. The van der Waals surface area contributed by atoms with Crippen molar-refractivity contribution in [3.05, 3.63) is 76.3 Å². The van der Waals surface area contributed by atoms with E-state index in [0.717, 1.165) is 35.3 Å². The smallest absolute Gasteiger partial charge is 0.265 e. The van der Waals surface area contributed by atoms with Crippen LogP contribution in [0.3, 0.4) is 0 Å². The Balaban J connectivity index is 1.76. The lowest BCUT2D eigenvalue weighted by Crippen LogP contribution is -2.24. The van der Waals surface area contributed by atoms with E-state index in [-0.39, 0.29) is 5.56 Å². The average Bonchev–Trinajstić information content (AvgIpc) is 3.10. The van der Waals surface area contributed by atoms with Gasteiger partial charge in [0.25, 0.3) is 5.56 Å². The van der Waals surface area contributed by atoms with E-state index in [9.17, 15) is 4.79 Å². The van der Waals surface area contributed by atoms with Gasteiger partial charge in [-0.2, -0.15) is 0 Å². The highest BCUT2D eigenvalue weighted by Gasteiger charge is 2.21. The lowest BCUT2D eigenvalue weighted by atomic mass is 10.2. The van der Waals surface area contributed by atoms with E-state index in [2.05, 4.69) is 19.1 Å². The molecule has 0 atom stereocenters. The number of hydrogen-bond donors (Lipinski definition) is 0. The van der Waals surface area contributed by atoms with E-state index in [1.54, 1.807) is 4.57 Å². The van der Waals surface area contributed by atoms with Gasteiger partial charge >= 0.3 is 0 Å². The number of para-hydroxylation sites is 2. The number of hydrogen-bond acceptors (Lipinski definition) is 4. The van der Waals surface area contributed by atoms with Crippen LogP contribution in [-0.2, 0) is 13.1 Å². The topological polar surface area (TPSA) is 65.6 Å². The van der Waals surface area contributed by atoms with E-state index in [0.29, 0.717) is 35.3 Å². The molecular formula is C26H27N5O. The second-order valence-corrected chi connectivity index (χ2v) is 8.33. The molecule has 0 N–H and O–H groups in total. The molecule has 32 heavy (non-hydrogen) atoms. The van der Waals surface area contributed by atoms with E-state index in [1.165, 1.54) is 12.8 Å². The van der Waals surface area contributed by atoms with Gasteiger partial charge in [0, 0.05) is 6.54 Å². The van der Waals surface area contributed by atoms with Gasteiger partial charge in [0.2, 0.25) is 0 Å². The fourth-order valence-electron chi connectivity index (χ4n) is 4.37. The zero-order valence-electron chi connectivity index (χ0n) is 18.6. The molecule has 5 rings (SSSR count). The number of unbranched alkanes of at least 4 members (excludes halogenated alkanes) is 3. The van der Waals surface area contributed by atoms with Crippen molar-refractivity contribution in [3.63, 3.8) is 0 Å². The van der Waals surface area contributed by atoms with Crippen molar-refractivity contribution >= 4 is 33.2 Å². The molecule has 0 saturated carbocycles. The molecule has 0 aliphatic carbocycles. The Morgan fingerprint density at radius 3 is 2.25 bits per heavy atom. The van der Waals surface area contributed by atoms with Gasteiger partial charge in [0.1, 0.15) is 16.7 Å². The molecule has 0 aliphatic heterocycles. The van der Waals surface area contributed by atoms with Gasteiger partial charge in [-0.15, -0.1) is 0 Å². The maximum Gasteiger partial charge on any atom is 0.265 e. The first-order chi connectivity index (χ1) is 15.7. The van der Waals surface area contributed by atoms with E-state index < -0.39 is 0 Å². The molecule has 0 unspecified atom stereocenters. The summed E-state index contributed by atoms with van der Waals surface area (Å²) in [6, 6.07) is 18.0. The lowest BCUT2D eigenvalue weighted by molar-refractivity contribution is 0.555. The summed E-state index contributed by atoms with van der Waals surface area (Å²) in [7, 11) is 0. The van der Waals surface area contributed by atoms with Gasteiger partial charge in [0.05, 0.1) is 17.6 Å². The number of rotatable bonds is 7. The van der Waals surface area contributed by atoms with Crippen LogP contribution in [0.5, 0.6) is 0 Å². The highest BCUT2D eigenvalue weighted by Crippen LogP contribution is 2.26. The van der Waals surface area contributed by atoms with Crippen LogP contribution in [0.25, 0.3) is 33.2 Å². The predicted molar refractivity (Wildman–Crippen MR) is 129 cm³/mol. The second-order valence-electron chi connectivity index (χ2n) is 8.33. The molecule has 3 heterocycles.